The van der Waals surface area contributed by atoms with Gasteiger partial charge in [0.2, 0.25) is 0 Å². The van der Waals surface area contributed by atoms with E-state index < -0.39 is 30.5 Å². The first-order valence-corrected chi connectivity index (χ1v) is 16.9. The van der Waals surface area contributed by atoms with Gasteiger partial charge in [-0.2, -0.15) is 0 Å². The third-order valence-electron chi connectivity index (χ3n) is 8.08. The Morgan fingerprint density at radius 3 is 1.89 bits per heavy atom. The van der Waals surface area contributed by atoms with Crippen LogP contribution in [0.5, 0.6) is 5.75 Å². The van der Waals surface area contributed by atoms with Gasteiger partial charge in [0.15, 0.2) is 5.78 Å². The van der Waals surface area contributed by atoms with Crippen molar-refractivity contribution in [2.75, 3.05) is 40.1 Å². The summed E-state index contributed by atoms with van der Waals surface area (Å²) in [4.78, 5) is 14.6. The second kappa shape index (κ2) is 20.7. The Hall–Kier alpha value is -2.29. The van der Waals surface area contributed by atoms with Gasteiger partial charge in [0.25, 0.3) is 0 Å². The van der Waals surface area contributed by atoms with Crippen LogP contribution in [-0.4, -0.2) is 76.4 Å². The summed E-state index contributed by atoms with van der Waals surface area (Å²) in [5.74, 6) is 0.711. The lowest BCUT2D eigenvalue weighted by atomic mass is 9.87. The van der Waals surface area contributed by atoms with Crippen molar-refractivity contribution in [2.45, 2.75) is 116 Å². The summed E-state index contributed by atoms with van der Waals surface area (Å²) in [6, 6.07) is 15.8. The highest BCUT2D eigenvalue weighted by atomic mass is 16.6. The number of unbranched alkanes of at least 4 members (excludes halogenated alkanes) is 4. The lowest BCUT2D eigenvalue weighted by molar-refractivity contribution is -0.254. The van der Waals surface area contributed by atoms with Crippen LogP contribution < -0.4 is 4.74 Å². The Morgan fingerprint density at radius 1 is 0.705 bits per heavy atom. The number of carbonyl (C=O) groups is 1. The molecule has 246 valence electrons. The molecule has 44 heavy (non-hydrogen) atoms. The molecule has 1 aliphatic heterocycles. The zero-order valence-corrected chi connectivity index (χ0v) is 27.8. The van der Waals surface area contributed by atoms with Crippen LogP contribution in [0.3, 0.4) is 0 Å². The molecular formula is C37H56O7. The highest BCUT2D eigenvalue weighted by Gasteiger charge is 2.51. The quantitative estimate of drug-likeness (QED) is 0.100. The third kappa shape index (κ3) is 11.0. The number of benzene rings is 2. The van der Waals surface area contributed by atoms with Gasteiger partial charge in [-0.05, 0) is 55.4 Å². The molecular weight excluding hydrogens is 556 g/mol. The van der Waals surface area contributed by atoms with Crippen LogP contribution in [0.15, 0.2) is 48.5 Å². The molecule has 7 nitrogen and oxygen atoms in total. The van der Waals surface area contributed by atoms with E-state index >= 15 is 0 Å². The van der Waals surface area contributed by atoms with E-state index in [2.05, 4.69) is 27.7 Å². The first-order chi connectivity index (χ1) is 21.6. The fraction of sp³-hybridized carbons (Fsp3) is 0.649. The van der Waals surface area contributed by atoms with Crippen molar-refractivity contribution < 1.29 is 33.2 Å². The Labute approximate surface area is 265 Å². The minimum absolute atomic E-state index is 0.0923. The molecule has 0 spiro atoms. The second-order valence-corrected chi connectivity index (χ2v) is 11.6. The normalized spacial score (nSPS) is 21.8. The summed E-state index contributed by atoms with van der Waals surface area (Å²) in [6.07, 6.45) is 5.64. The first kappa shape index (κ1) is 36.2. The van der Waals surface area contributed by atoms with Crippen molar-refractivity contribution in [2.24, 2.45) is 0 Å². The zero-order valence-electron chi connectivity index (χ0n) is 27.8. The maximum absolute atomic E-state index is 14.6. The SMILES string of the molecule is CCCCOC[C@H]1O[C@@H](C(=O)c2ccccc2Cc2ccc(OC)cc2)[C@H](OCCCC)[C@@H](OCCCC)[C@@H]1OCCCC. The first-order valence-electron chi connectivity index (χ1n) is 16.9. The molecule has 1 fully saturated rings. The Balaban J connectivity index is 1.97. The van der Waals surface area contributed by atoms with Crippen LogP contribution in [0, 0.1) is 0 Å². The van der Waals surface area contributed by atoms with E-state index in [4.69, 9.17) is 28.4 Å². The highest BCUT2D eigenvalue weighted by molar-refractivity contribution is 6.01. The van der Waals surface area contributed by atoms with Gasteiger partial charge in [-0.15, -0.1) is 0 Å². The van der Waals surface area contributed by atoms with Gasteiger partial charge < -0.3 is 28.4 Å². The minimum Gasteiger partial charge on any atom is -0.497 e. The highest BCUT2D eigenvalue weighted by Crippen LogP contribution is 2.32. The van der Waals surface area contributed by atoms with Crippen molar-refractivity contribution in [3.63, 3.8) is 0 Å². The zero-order chi connectivity index (χ0) is 31.6. The molecule has 7 heteroatoms. The van der Waals surface area contributed by atoms with Crippen molar-refractivity contribution in [3.8, 4) is 5.75 Å². The standard InChI is InChI=1S/C37H56O7/c1-6-10-22-40-27-32-34(41-23-11-7-2)36(42-24-12-8-3)37(43-25-13-9-4)35(44-32)33(38)31-17-15-14-16-29(31)26-28-18-20-30(39-5)21-19-28/h14-21,32,34-37H,6-13,22-27H2,1-5H3/t32-,34-,35+,36+,37+/m1/s1. The molecule has 1 aliphatic rings. The predicted molar refractivity (Wildman–Crippen MR) is 175 cm³/mol. The maximum Gasteiger partial charge on any atom is 0.194 e. The number of rotatable bonds is 22. The molecule has 0 saturated carbocycles. The molecule has 0 N–H and O–H groups in total. The summed E-state index contributed by atoms with van der Waals surface area (Å²) in [7, 11) is 1.66. The van der Waals surface area contributed by atoms with Crippen LogP contribution >= 0.6 is 0 Å². The van der Waals surface area contributed by atoms with E-state index in [1.54, 1.807) is 7.11 Å². The predicted octanol–water partition coefficient (Wildman–Crippen LogP) is 7.61. The largest absolute Gasteiger partial charge is 0.497 e. The third-order valence-corrected chi connectivity index (χ3v) is 8.08. The van der Waals surface area contributed by atoms with Crippen molar-refractivity contribution >= 4 is 5.78 Å². The van der Waals surface area contributed by atoms with Crippen molar-refractivity contribution in [1.29, 1.82) is 0 Å². The average molecular weight is 613 g/mol. The fourth-order valence-electron chi connectivity index (χ4n) is 5.40. The summed E-state index contributed by atoms with van der Waals surface area (Å²) < 4.78 is 37.7. The molecule has 2 aromatic rings. The summed E-state index contributed by atoms with van der Waals surface area (Å²) in [6.45, 7) is 11.2. The van der Waals surface area contributed by atoms with E-state index in [9.17, 15) is 4.79 Å². The second-order valence-electron chi connectivity index (χ2n) is 11.6. The topological polar surface area (TPSA) is 72.5 Å². The molecule has 0 bridgehead atoms. The van der Waals surface area contributed by atoms with Gasteiger partial charge in [0.1, 0.15) is 36.3 Å². The Kier molecular flexibility index (Phi) is 17.0. The maximum atomic E-state index is 14.6. The lowest BCUT2D eigenvalue weighted by Gasteiger charge is -2.46. The number of carbonyl (C=O) groups excluding carboxylic acids is 1. The number of hydrogen-bond donors (Lipinski definition) is 0. The number of Topliss-reactive ketones (excluding diaryl/α,β-unsaturated/α-hetero) is 1. The van der Waals surface area contributed by atoms with Crippen LogP contribution in [0.25, 0.3) is 0 Å². The van der Waals surface area contributed by atoms with Crippen molar-refractivity contribution in [3.05, 3.63) is 65.2 Å². The average Bonchev–Trinajstić information content (AvgIpc) is 3.05. The van der Waals surface area contributed by atoms with E-state index in [0.29, 0.717) is 45.0 Å². The van der Waals surface area contributed by atoms with Crippen LogP contribution in [-0.2, 0) is 30.1 Å². The van der Waals surface area contributed by atoms with E-state index in [1.165, 1.54) is 0 Å². The van der Waals surface area contributed by atoms with Crippen LogP contribution in [0.2, 0.25) is 0 Å². The Bertz CT molecular complexity index is 1060. The minimum atomic E-state index is -0.846. The Morgan fingerprint density at radius 2 is 1.27 bits per heavy atom. The molecule has 5 atom stereocenters. The molecule has 0 unspecified atom stereocenters. The number of ether oxygens (including phenoxy) is 6. The van der Waals surface area contributed by atoms with Gasteiger partial charge in [0.05, 0.1) is 13.7 Å². The molecule has 1 heterocycles. The molecule has 2 aromatic carbocycles. The molecule has 0 amide bonds. The van der Waals surface area contributed by atoms with E-state index in [0.717, 1.165) is 68.2 Å². The smallest absolute Gasteiger partial charge is 0.194 e. The van der Waals surface area contributed by atoms with Gasteiger partial charge >= 0.3 is 0 Å². The van der Waals surface area contributed by atoms with Gasteiger partial charge in [-0.3, -0.25) is 4.79 Å². The van der Waals surface area contributed by atoms with Crippen LogP contribution in [0.1, 0.15) is 101 Å². The van der Waals surface area contributed by atoms with Gasteiger partial charge in [-0.25, -0.2) is 0 Å². The van der Waals surface area contributed by atoms with E-state index in [1.807, 2.05) is 48.5 Å². The molecule has 1 saturated heterocycles. The molecule has 0 radical (unpaired) electrons. The monoisotopic (exact) mass is 612 g/mol. The van der Waals surface area contributed by atoms with E-state index in [-0.39, 0.29) is 5.78 Å². The molecule has 0 aromatic heterocycles. The number of ketones is 1. The lowest BCUT2D eigenvalue weighted by Crippen LogP contribution is -2.63. The number of hydrogen-bond acceptors (Lipinski definition) is 7. The summed E-state index contributed by atoms with van der Waals surface area (Å²) >= 11 is 0. The van der Waals surface area contributed by atoms with Crippen molar-refractivity contribution in [1.82, 2.24) is 0 Å². The summed E-state index contributed by atoms with van der Waals surface area (Å²) in [5, 5.41) is 0. The number of methoxy groups -OCH3 is 1. The van der Waals surface area contributed by atoms with Gasteiger partial charge in [0, 0.05) is 32.0 Å². The molecule has 3 rings (SSSR count). The van der Waals surface area contributed by atoms with Gasteiger partial charge in [-0.1, -0.05) is 89.8 Å². The summed E-state index contributed by atoms with van der Waals surface area (Å²) in [5.41, 5.74) is 2.68. The van der Waals surface area contributed by atoms with Crippen LogP contribution in [0.4, 0.5) is 0 Å². The fourth-order valence-corrected chi connectivity index (χ4v) is 5.40. The molecule has 0 aliphatic carbocycles.